The second kappa shape index (κ2) is 10.0. The lowest BCUT2D eigenvalue weighted by molar-refractivity contribution is -0.138. The molecule has 0 radical (unpaired) electrons. The molecule has 6 heteroatoms. The van der Waals surface area contributed by atoms with Crippen molar-refractivity contribution >= 4 is 24.2 Å². The van der Waals surface area contributed by atoms with Crippen molar-refractivity contribution in [1.29, 1.82) is 0 Å². The lowest BCUT2D eigenvalue weighted by Crippen LogP contribution is -2.50. The molecule has 1 saturated heterocycles. The highest BCUT2D eigenvalue weighted by molar-refractivity contribution is 5.85. The van der Waals surface area contributed by atoms with Crippen molar-refractivity contribution < 1.29 is 9.59 Å². The van der Waals surface area contributed by atoms with Gasteiger partial charge in [0.1, 0.15) is 0 Å². The number of carbonyl (C=O) groups is 2. The van der Waals surface area contributed by atoms with E-state index in [1.165, 1.54) is 0 Å². The van der Waals surface area contributed by atoms with E-state index < -0.39 is 0 Å². The molecule has 0 spiro atoms. The molecule has 0 aliphatic carbocycles. The Balaban J connectivity index is 0.00000324. The van der Waals surface area contributed by atoms with E-state index in [1.807, 2.05) is 4.90 Å². The maximum Gasteiger partial charge on any atom is 0.222 e. The van der Waals surface area contributed by atoms with Crippen LogP contribution in [0.2, 0.25) is 0 Å². The molecule has 0 atom stereocenters. The van der Waals surface area contributed by atoms with Crippen LogP contribution in [0.1, 0.15) is 39.0 Å². The summed E-state index contributed by atoms with van der Waals surface area (Å²) in [5.74, 6) is 0.329. The fraction of sp³-hybridized carbons (Fsp3) is 0.846. The van der Waals surface area contributed by atoms with Crippen LogP contribution in [0, 0.1) is 0 Å². The summed E-state index contributed by atoms with van der Waals surface area (Å²) in [6, 6.07) is 0. The van der Waals surface area contributed by atoms with Crippen LogP contribution in [-0.4, -0.2) is 54.3 Å². The highest BCUT2D eigenvalue weighted by Gasteiger charge is 2.21. The predicted molar refractivity (Wildman–Crippen MR) is 78.2 cm³/mol. The lowest BCUT2D eigenvalue weighted by atomic mass is 10.1. The minimum absolute atomic E-state index is 0. The average Bonchev–Trinajstić information content (AvgIpc) is 2.38. The van der Waals surface area contributed by atoms with Gasteiger partial charge < -0.3 is 15.5 Å². The minimum Gasteiger partial charge on any atom is -0.339 e. The van der Waals surface area contributed by atoms with E-state index in [0.29, 0.717) is 32.6 Å². The number of amides is 2. The molecular formula is C13H26ClN3O2. The standard InChI is InChI=1S/C13H25N3O2.ClH/c1-12(17)15-8-10-16(11-9-15)13(18)6-4-2-3-5-7-14;/h2-11,14H2,1H3;1H. The van der Waals surface area contributed by atoms with E-state index in [-0.39, 0.29) is 24.2 Å². The zero-order valence-electron chi connectivity index (χ0n) is 11.8. The summed E-state index contributed by atoms with van der Waals surface area (Å²) >= 11 is 0. The van der Waals surface area contributed by atoms with Gasteiger partial charge in [0.25, 0.3) is 0 Å². The van der Waals surface area contributed by atoms with Crippen molar-refractivity contribution in [3.05, 3.63) is 0 Å². The van der Waals surface area contributed by atoms with E-state index in [0.717, 1.165) is 32.2 Å². The Morgan fingerprint density at radius 2 is 1.47 bits per heavy atom. The van der Waals surface area contributed by atoms with Crippen LogP contribution in [0.5, 0.6) is 0 Å². The van der Waals surface area contributed by atoms with Gasteiger partial charge in [-0.2, -0.15) is 0 Å². The maximum absolute atomic E-state index is 11.9. The van der Waals surface area contributed by atoms with Crippen molar-refractivity contribution in [1.82, 2.24) is 9.80 Å². The molecule has 0 aromatic carbocycles. The highest BCUT2D eigenvalue weighted by Crippen LogP contribution is 2.08. The fourth-order valence-electron chi connectivity index (χ4n) is 2.20. The molecule has 0 unspecified atom stereocenters. The predicted octanol–water partition coefficient (Wildman–Crippen LogP) is 1.01. The Kier molecular flexibility index (Phi) is 9.61. The van der Waals surface area contributed by atoms with Crippen molar-refractivity contribution in [2.75, 3.05) is 32.7 Å². The third-order valence-corrected chi connectivity index (χ3v) is 3.42. The van der Waals surface area contributed by atoms with Crippen molar-refractivity contribution in [3.63, 3.8) is 0 Å². The van der Waals surface area contributed by atoms with Crippen LogP contribution in [-0.2, 0) is 9.59 Å². The normalized spacial score (nSPS) is 15.1. The third-order valence-electron chi connectivity index (χ3n) is 3.42. The SMILES string of the molecule is CC(=O)N1CCN(C(=O)CCCCCCN)CC1.Cl. The van der Waals surface area contributed by atoms with Crippen LogP contribution < -0.4 is 5.73 Å². The van der Waals surface area contributed by atoms with E-state index in [1.54, 1.807) is 11.8 Å². The molecule has 0 saturated carbocycles. The number of nitrogens with two attached hydrogens (primary N) is 1. The van der Waals surface area contributed by atoms with Gasteiger partial charge in [0.15, 0.2) is 0 Å². The molecule has 1 heterocycles. The summed E-state index contributed by atoms with van der Waals surface area (Å²) in [5.41, 5.74) is 5.42. The van der Waals surface area contributed by atoms with Crippen LogP contribution in [0.4, 0.5) is 0 Å². The first-order chi connectivity index (χ1) is 8.65. The molecule has 0 aromatic rings. The van der Waals surface area contributed by atoms with Gasteiger partial charge in [0.2, 0.25) is 11.8 Å². The van der Waals surface area contributed by atoms with E-state index >= 15 is 0 Å². The van der Waals surface area contributed by atoms with Crippen LogP contribution in [0.15, 0.2) is 0 Å². The highest BCUT2D eigenvalue weighted by atomic mass is 35.5. The van der Waals surface area contributed by atoms with Gasteiger partial charge in [-0.1, -0.05) is 12.8 Å². The second-order valence-electron chi connectivity index (χ2n) is 4.84. The van der Waals surface area contributed by atoms with Gasteiger partial charge in [-0.15, -0.1) is 12.4 Å². The smallest absolute Gasteiger partial charge is 0.222 e. The van der Waals surface area contributed by atoms with E-state index in [4.69, 9.17) is 5.73 Å². The van der Waals surface area contributed by atoms with Gasteiger partial charge in [0, 0.05) is 39.5 Å². The van der Waals surface area contributed by atoms with Gasteiger partial charge >= 0.3 is 0 Å². The quantitative estimate of drug-likeness (QED) is 0.743. The molecule has 2 amide bonds. The third kappa shape index (κ3) is 6.78. The zero-order chi connectivity index (χ0) is 13.4. The molecule has 5 nitrogen and oxygen atoms in total. The summed E-state index contributed by atoms with van der Waals surface area (Å²) in [5, 5.41) is 0. The van der Waals surface area contributed by atoms with Crippen LogP contribution in [0.25, 0.3) is 0 Å². The first-order valence-corrected chi connectivity index (χ1v) is 6.88. The number of nitrogens with zero attached hydrogens (tertiary/aromatic N) is 2. The molecule has 1 rings (SSSR count). The minimum atomic E-state index is 0. The molecule has 2 N–H and O–H groups in total. The summed E-state index contributed by atoms with van der Waals surface area (Å²) in [4.78, 5) is 26.7. The molecule has 112 valence electrons. The monoisotopic (exact) mass is 291 g/mol. The summed E-state index contributed by atoms with van der Waals surface area (Å²) in [7, 11) is 0. The Morgan fingerprint density at radius 3 is 2.00 bits per heavy atom. The van der Waals surface area contributed by atoms with Crippen molar-refractivity contribution in [2.45, 2.75) is 39.0 Å². The summed E-state index contributed by atoms with van der Waals surface area (Å²) < 4.78 is 0. The molecule has 1 fully saturated rings. The van der Waals surface area contributed by atoms with E-state index in [9.17, 15) is 9.59 Å². The summed E-state index contributed by atoms with van der Waals surface area (Å²) in [6.45, 7) is 5.03. The number of halogens is 1. The Hall–Kier alpha value is -0.810. The number of piperazine rings is 1. The number of hydrogen-bond donors (Lipinski definition) is 1. The molecule has 0 bridgehead atoms. The van der Waals surface area contributed by atoms with Crippen molar-refractivity contribution in [3.8, 4) is 0 Å². The van der Waals surface area contributed by atoms with Crippen molar-refractivity contribution in [2.24, 2.45) is 5.73 Å². The van der Waals surface area contributed by atoms with Crippen LogP contribution in [0.3, 0.4) is 0 Å². The number of rotatable bonds is 6. The van der Waals surface area contributed by atoms with Gasteiger partial charge in [-0.3, -0.25) is 9.59 Å². The Bertz CT molecular complexity index is 279. The molecule has 19 heavy (non-hydrogen) atoms. The topological polar surface area (TPSA) is 66.6 Å². The zero-order valence-corrected chi connectivity index (χ0v) is 12.6. The first-order valence-electron chi connectivity index (χ1n) is 6.88. The van der Waals surface area contributed by atoms with Gasteiger partial charge in [-0.25, -0.2) is 0 Å². The molecule has 1 aliphatic rings. The molecular weight excluding hydrogens is 266 g/mol. The largest absolute Gasteiger partial charge is 0.339 e. The fourth-order valence-corrected chi connectivity index (χ4v) is 2.20. The lowest BCUT2D eigenvalue weighted by Gasteiger charge is -2.34. The van der Waals surface area contributed by atoms with Gasteiger partial charge in [-0.05, 0) is 19.4 Å². The number of carbonyl (C=O) groups excluding carboxylic acids is 2. The number of unbranched alkanes of at least 4 members (excludes halogenated alkanes) is 3. The Morgan fingerprint density at radius 1 is 0.947 bits per heavy atom. The maximum atomic E-state index is 11.9. The summed E-state index contributed by atoms with van der Waals surface area (Å²) in [6.07, 6.45) is 4.82. The molecule has 1 aliphatic heterocycles. The van der Waals surface area contributed by atoms with E-state index in [2.05, 4.69) is 0 Å². The number of hydrogen-bond acceptors (Lipinski definition) is 3. The molecule has 0 aromatic heterocycles. The second-order valence-corrected chi connectivity index (χ2v) is 4.84. The Labute approximate surface area is 121 Å². The average molecular weight is 292 g/mol. The van der Waals surface area contributed by atoms with Gasteiger partial charge in [0.05, 0.1) is 0 Å². The first kappa shape index (κ1) is 18.2. The van der Waals surface area contributed by atoms with Crippen LogP contribution >= 0.6 is 12.4 Å².